The molecule has 1 fully saturated rings. The van der Waals surface area contributed by atoms with Gasteiger partial charge in [0.1, 0.15) is 11.5 Å². The van der Waals surface area contributed by atoms with Gasteiger partial charge in [-0.25, -0.2) is 4.98 Å². The molecule has 6 nitrogen and oxygen atoms in total. The Labute approximate surface area is 99.3 Å². The van der Waals surface area contributed by atoms with Crippen LogP contribution in [-0.2, 0) is 4.74 Å². The Morgan fingerprint density at radius 1 is 1.41 bits per heavy atom. The van der Waals surface area contributed by atoms with Crippen LogP contribution in [0.5, 0.6) is 0 Å². The van der Waals surface area contributed by atoms with E-state index in [2.05, 4.69) is 10.3 Å². The number of nitrogen functional groups attached to an aromatic ring is 1. The van der Waals surface area contributed by atoms with E-state index >= 15 is 0 Å². The van der Waals surface area contributed by atoms with Crippen molar-refractivity contribution in [2.45, 2.75) is 18.9 Å². The molecule has 1 aromatic rings. The zero-order valence-corrected chi connectivity index (χ0v) is 9.48. The predicted octanol–water partition coefficient (Wildman–Crippen LogP) is 0.354. The van der Waals surface area contributed by atoms with Gasteiger partial charge in [0.15, 0.2) is 0 Å². The van der Waals surface area contributed by atoms with Gasteiger partial charge >= 0.3 is 0 Å². The Bertz CT molecular complexity index is 416. The summed E-state index contributed by atoms with van der Waals surface area (Å²) in [7, 11) is 0. The fourth-order valence-electron chi connectivity index (χ4n) is 1.76. The molecule has 17 heavy (non-hydrogen) atoms. The van der Waals surface area contributed by atoms with Crippen LogP contribution in [0.25, 0.3) is 0 Å². The van der Waals surface area contributed by atoms with Crippen LogP contribution < -0.4 is 16.8 Å². The minimum atomic E-state index is -0.556. The van der Waals surface area contributed by atoms with Crippen LogP contribution >= 0.6 is 0 Å². The lowest BCUT2D eigenvalue weighted by atomic mass is 10.1. The Balaban J connectivity index is 2.13. The lowest BCUT2D eigenvalue weighted by molar-refractivity contribution is 0.0903. The van der Waals surface area contributed by atoms with E-state index in [0.717, 1.165) is 26.1 Å². The average Bonchev–Trinajstić information content (AvgIpc) is 2.33. The van der Waals surface area contributed by atoms with Crippen LogP contribution in [0.4, 0.5) is 11.5 Å². The van der Waals surface area contributed by atoms with Crippen molar-refractivity contribution in [2.24, 2.45) is 5.73 Å². The molecule has 0 atom stereocenters. The number of nitrogens with zero attached hydrogens (tertiary/aromatic N) is 1. The standard InChI is InChI=1S/C11H16N4O2/c12-8-1-2-9(10(13)16)15-11(8)14-7-3-5-17-6-4-7/h1-2,7H,3-6,12H2,(H2,13,16)(H,14,15). The summed E-state index contributed by atoms with van der Waals surface area (Å²) in [5, 5.41) is 3.22. The molecule has 0 radical (unpaired) electrons. The molecule has 1 aromatic heterocycles. The Hall–Kier alpha value is -1.82. The highest BCUT2D eigenvalue weighted by molar-refractivity contribution is 5.91. The second-order valence-electron chi connectivity index (χ2n) is 4.03. The van der Waals surface area contributed by atoms with Gasteiger partial charge in [0, 0.05) is 19.3 Å². The molecule has 5 N–H and O–H groups in total. The normalized spacial score (nSPS) is 16.7. The number of rotatable bonds is 3. The lowest BCUT2D eigenvalue weighted by Gasteiger charge is -2.24. The number of ether oxygens (including phenoxy) is 1. The Morgan fingerprint density at radius 3 is 2.76 bits per heavy atom. The molecule has 0 unspecified atom stereocenters. The number of primary amides is 1. The smallest absolute Gasteiger partial charge is 0.267 e. The van der Waals surface area contributed by atoms with E-state index in [9.17, 15) is 4.79 Å². The van der Waals surface area contributed by atoms with Gasteiger partial charge in [-0.05, 0) is 25.0 Å². The molecule has 1 amide bonds. The van der Waals surface area contributed by atoms with Crippen molar-refractivity contribution in [1.29, 1.82) is 0 Å². The minimum Gasteiger partial charge on any atom is -0.396 e. The highest BCUT2D eigenvalue weighted by Crippen LogP contribution is 2.19. The van der Waals surface area contributed by atoms with Crippen molar-refractivity contribution in [3.8, 4) is 0 Å². The van der Waals surface area contributed by atoms with E-state index in [1.165, 1.54) is 6.07 Å². The first-order valence-corrected chi connectivity index (χ1v) is 5.57. The largest absolute Gasteiger partial charge is 0.396 e. The zero-order valence-electron chi connectivity index (χ0n) is 9.48. The third-order valence-corrected chi connectivity index (χ3v) is 2.74. The Kier molecular flexibility index (Phi) is 3.43. The number of nitrogens with one attached hydrogen (secondary N) is 1. The third kappa shape index (κ3) is 2.85. The van der Waals surface area contributed by atoms with Gasteiger partial charge < -0.3 is 21.5 Å². The number of carbonyl (C=O) groups excluding carboxylic acids is 1. The van der Waals surface area contributed by atoms with E-state index in [-0.39, 0.29) is 11.7 Å². The number of nitrogens with two attached hydrogens (primary N) is 2. The zero-order chi connectivity index (χ0) is 12.3. The fourth-order valence-corrected chi connectivity index (χ4v) is 1.76. The van der Waals surface area contributed by atoms with Crippen molar-refractivity contribution < 1.29 is 9.53 Å². The van der Waals surface area contributed by atoms with Crippen molar-refractivity contribution >= 4 is 17.4 Å². The maximum Gasteiger partial charge on any atom is 0.267 e. The summed E-state index contributed by atoms with van der Waals surface area (Å²) in [6.07, 6.45) is 1.81. The number of aromatic nitrogens is 1. The first-order valence-electron chi connectivity index (χ1n) is 5.57. The van der Waals surface area contributed by atoms with Crippen molar-refractivity contribution in [1.82, 2.24) is 4.98 Å². The first kappa shape index (κ1) is 11.7. The summed E-state index contributed by atoms with van der Waals surface area (Å²) in [6.45, 7) is 1.46. The highest BCUT2D eigenvalue weighted by Gasteiger charge is 2.16. The quantitative estimate of drug-likeness (QED) is 0.702. The number of carbonyl (C=O) groups is 1. The second kappa shape index (κ2) is 5.01. The molecule has 1 saturated heterocycles. The molecule has 2 rings (SSSR count). The fraction of sp³-hybridized carbons (Fsp3) is 0.455. The molecule has 0 bridgehead atoms. The average molecular weight is 236 g/mol. The summed E-state index contributed by atoms with van der Waals surface area (Å²) >= 11 is 0. The summed E-state index contributed by atoms with van der Waals surface area (Å²) in [4.78, 5) is 15.1. The summed E-state index contributed by atoms with van der Waals surface area (Å²) in [5.74, 6) is -0.0340. The summed E-state index contributed by atoms with van der Waals surface area (Å²) in [5.41, 5.74) is 11.7. The SMILES string of the molecule is NC(=O)c1ccc(N)c(NC2CCOCC2)n1. The van der Waals surface area contributed by atoms with Crippen LogP contribution in [0.3, 0.4) is 0 Å². The molecule has 6 heteroatoms. The van der Waals surface area contributed by atoms with Crippen LogP contribution in [0.2, 0.25) is 0 Å². The molecule has 2 heterocycles. The van der Waals surface area contributed by atoms with E-state index in [4.69, 9.17) is 16.2 Å². The first-order chi connectivity index (χ1) is 8.16. The molecule has 1 aliphatic rings. The van der Waals surface area contributed by atoms with Gasteiger partial charge in [0.25, 0.3) is 5.91 Å². The van der Waals surface area contributed by atoms with Crippen LogP contribution in [0.15, 0.2) is 12.1 Å². The van der Waals surface area contributed by atoms with Gasteiger partial charge in [0.2, 0.25) is 0 Å². The number of anilines is 2. The topological polar surface area (TPSA) is 103 Å². The van der Waals surface area contributed by atoms with E-state index in [1.54, 1.807) is 6.07 Å². The van der Waals surface area contributed by atoms with Crippen LogP contribution in [0.1, 0.15) is 23.3 Å². The van der Waals surface area contributed by atoms with E-state index in [1.807, 2.05) is 0 Å². The van der Waals surface area contributed by atoms with E-state index in [0.29, 0.717) is 11.5 Å². The second-order valence-corrected chi connectivity index (χ2v) is 4.03. The van der Waals surface area contributed by atoms with Crippen LogP contribution in [0, 0.1) is 0 Å². The molecule has 0 spiro atoms. The van der Waals surface area contributed by atoms with Gasteiger partial charge in [-0.15, -0.1) is 0 Å². The van der Waals surface area contributed by atoms with Crippen molar-refractivity contribution in [3.63, 3.8) is 0 Å². The number of amides is 1. The molecule has 1 aliphatic heterocycles. The molecule has 0 saturated carbocycles. The van der Waals surface area contributed by atoms with Gasteiger partial charge in [-0.3, -0.25) is 4.79 Å². The lowest BCUT2D eigenvalue weighted by Crippen LogP contribution is -2.29. The molecule has 92 valence electrons. The highest BCUT2D eigenvalue weighted by atomic mass is 16.5. The van der Waals surface area contributed by atoms with Crippen molar-refractivity contribution in [3.05, 3.63) is 17.8 Å². The van der Waals surface area contributed by atoms with E-state index < -0.39 is 5.91 Å². The number of hydrogen-bond acceptors (Lipinski definition) is 5. The maximum absolute atomic E-state index is 11.0. The van der Waals surface area contributed by atoms with Gasteiger partial charge in [-0.2, -0.15) is 0 Å². The number of hydrogen-bond donors (Lipinski definition) is 3. The summed E-state index contributed by atoms with van der Waals surface area (Å²) in [6, 6.07) is 3.43. The minimum absolute atomic E-state index is 0.216. The molecular formula is C11H16N4O2. The number of pyridine rings is 1. The van der Waals surface area contributed by atoms with Crippen molar-refractivity contribution in [2.75, 3.05) is 24.3 Å². The van der Waals surface area contributed by atoms with Gasteiger partial charge in [0.05, 0.1) is 5.69 Å². The van der Waals surface area contributed by atoms with Gasteiger partial charge in [-0.1, -0.05) is 0 Å². The molecule has 0 aliphatic carbocycles. The Morgan fingerprint density at radius 2 is 2.12 bits per heavy atom. The predicted molar refractivity (Wildman–Crippen MR) is 64.6 cm³/mol. The summed E-state index contributed by atoms with van der Waals surface area (Å²) < 4.78 is 5.26. The maximum atomic E-state index is 11.0. The van der Waals surface area contributed by atoms with Crippen LogP contribution in [-0.4, -0.2) is 30.1 Å². The monoisotopic (exact) mass is 236 g/mol. The third-order valence-electron chi connectivity index (χ3n) is 2.74. The molecule has 0 aromatic carbocycles. The molecular weight excluding hydrogens is 220 g/mol.